The lowest BCUT2D eigenvalue weighted by Crippen LogP contribution is -2.05. The first kappa shape index (κ1) is 19.6. The monoisotopic (exact) mass is 421 g/mol. The topological polar surface area (TPSA) is 105 Å². The number of rotatable bonds is 5. The van der Waals surface area contributed by atoms with Crippen molar-refractivity contribution in [3.8, 4) is 11.1 Å². The van der Waals surface area contributed by atoms with E-state index in [1.165, 1.54) is 25.3 Å². The van der Waals surface area contributed by atoms with Crippen molar-refractivity contribution >= 4 is 38.7 Å². The van der Waals surface area contributed by atoms with Crippen LogP contribution in [0.3, 0.4) is 0 Å². The standard InChI is InChI=1S/C21H19N5O3S/c1-14(27)22-18-5-3-4-15(12-18)16-6-11-20-24-21(25-26(20)13-16)23-17-7-9-19(10-8-17)30(2,28)29/h3-13H,1-2H3,(H,22,27)(H,23,25). The maximum atomic E-state index is 11.6. The van der Waals surface area contributed by atoms with Crippen LogP contribution in [0.1, 0.15) is 6.92 Å². The molecule has 2 heterocycles. The molecule has 0 aliphatic heterocycles. The van der Waals surface area contributed by atoms with Gasteiger partial charge in [-0.1, -0.05) is 12.1 Å². The van der Waals surface area contributed by atoms with Crippen LogP contribution in [0.15, 0.2) is 71.8 Å². The SMILES string of the molecule is CC(=O)Nc1cccc(-c2ccc3nc(Nc4ccc(S(C)(=O)=O)cc4)nn3c2)c1. The van der Waals surface area contributed by atoms with E-state index < -0.39 is 9.84 Å². The number of sulfone groups is 1. The summed E-state index contributed by atoms with van der Waals surface area (Å²) in [5.41, 5.74) is 3.92. The highest BCUT2D eigenvalue weighted by Crippen LogP contribution is 2.24. The number of benzene rings is 2. The molecule has 0 saturated heterocycles. The largest absolute Gasteiger partial charge is 0.326 e. The van der Waals surface area contributed by atoms with Crippen molar-refractivity contribution < 1.29 is 13.2 Å². The van der Waals surface area contributed by atoms with Crippen LogP contribution in [-0.4, -0.2) is 35.2 Å². The Labute approximate surface area is 173 Å². The van der Waals surface area contributed by atoms with Crippen molar-refractivity contribution in [3.05, 3.63) is 66.9 Å². The second-order valence-corrected chi connectivity index (χ2v) is 8.86. The van der Waals surface area contributed by atoms with Gasteiger partial charge in [-0.15, -0.1) is 5.10 Å². The molecule has 30 heavy (non-hydrogen) atoms. The molecule has 4 aromatic rings. The van der Waals surface area contributed by atoms with Gasteiger partial charge in [-0.25, -0.2) is 12.9 Å². The van der Waals surface area contributed by atoms with Crippen LogP contribution < -0.4 is 10.6 Å². The molecule has 0 aliphatic rings. The summed E-state index contributed by atoms with van der Waals surface area (Å²) in [6, 6.07) is 17.7. The number of hydrogen-bond donors (Lipinski definition) is 2. The average molecular weight is 421 g/mol. The second-order valence-electron chi connectivity index (χ2n) is 6.84. The number of carbonyl (C=O) groups excluding carboxylic acids is 1. The van der Waals surface area contributed by atoms with Gasteiger partial charge in [0.15, 0.2) is 15.5 Å². The zero-order chi connectivity index (χ0) is 21.3. The molecule has 0 radical (unpaired) electrons. The van der Waals surface area contributed by atoms with E-state index in [4.69, 9.17) is 0 Å². The Morgan fingerprint density at radius 1 is 0.967 bits per heavy atom. The number of nitrogens with one attached hydrogen (secondary N) is 2. The number of hydrogen-bond acceptors (Lipinski definition) is 6. The first-order valence-corrected chi connectivity index (χ1v) is 11.0. The number of pyridine rings is 1. The summed E-state index contributed by atoms with van der Waals surface area (Å²) in [6.45, 7) is 1.47. The van der Waals surface area contributed by atoms with Gasteiger partial charge in [0.05, 0.1) is 4.90 Å². The van der Waals surface area contributed by atoms with E-state index in [1.54, 1.807) is 16.6 Å². The Morgan fingerprint density at radius 2 is 1.73 bits per heavy atom. The molecule has 0 atom stereocenters. The molecule has 2 aromatic carbocycles. The first-order valence-electron chi connectivity index (χ1n) is 9.09. The highest BCUT2D eigenvalue weighted by Gasteiger charge is 2.09. The zero-order valence-electron chi connectivity index (χ0n) is 16.3. The Hall–Kier alpha value is -3.72. The lowest BCUT2D eigenvalue weighted by atomic mass is 10.1. The Morgan fingerprint density at radius 3 is 2.43 bits per heavy atom. The summed E-state index contributed by atoms with van der Waals surface area (Å²) in [5, 5.41) is 10.3. The Kier molecular flexibility index (Phi) is 4.96. The van der Waals surface area contributed by atoms with Gasteiger partial charge in [-0.05, 0) is 54.1 Å². The molecule has 1 amide bonds. The number of fused-ring (bicyclic) bond motifs is 1. The molecule has 0 fully saturated rings. The Bertz CT molecular complexity index is 1340. The molecule has 9 heteroatoms. The van der Waals surface area contributed by atoms with Crippen molar-refractivity contribution in [1.82, 2.24) is 14.6 Å². The molecular weight excluding hydrogens is 402 g/mol. The summed E-state index contributed by atoms with van der Waals surface area (Å²) < 4.78 is 24.8. The molecule has 0 spiro atoms. The Balaban J connectivity index is 1.59. The fourth-order valence-electron chi connectivity index (χ4n) is 3.00. The summed E-state index contributed by atoms with van der Waals surface area (Å²) in [7, 11) is -3.24. The van der Waals surface area contributed by atoms with E-state index in [1.807, 2.05) is 42.6 Å². The van der Waals surface area contributed by atoms with Gasteiger partial charge >= 0.3 is 0 Å². The number of aromatic nitrogens is 3. The highest BCUT2D eigenvalue weighted by atomic mass is 32.2. The quantitative estimate of drug-likeness (QED) is 0.511. The summed E-state index contributed by atoms with van der Waals surface area (Å²) in [5.74, 6) is 0.269. The van der Waals surface area contributed by atoms with Crippen molar-refractivity contribution in [3.63, 3.8) is 0 Å². The molecule has 152 valence electrons. The van der Waals surface area contributed by atoms with Gasteiger partial charge in [-0.2, -0.15) is 4.98 Å². The minimum absolute atomic E-state index is 0.126. The zero-order valence-corrected chi connectivity index (χ0v) is 17.1. The normalized spacial score (nSPS) is 11.4. The van der Waals surface area contributed by atoms with E-state index in [2.05, 4.69) is 20.7 Å². The first-order chi connectivity index (χ1) is 14.3. The molecule has 2 N–H and O–H groups in total. The van der Waals surface area contributed by atoms with E-state index in [0.29, 0.717) is 17.3 Å². The van der Waals surface area contributed by atoms with Crippen LogP contribution in [-0.2, 0) is 14.6 Å². The lowest BCUT2D eigenvalue weighted by Gasteiger charge is -2.06. The van der Waals surface area contributed by atoms with Crippen molar-refractivity contribution in [2.24, 2.45) is 0 Å². The van der Waals surface area contributed by atoms with E-state index >= 15 is 0 Å². The number of amides is 1. The van der Waals surface area contributed by atoms with Gasteiger partial charge in [0.1, 0.15) is 0 Å². The summed E-state index contributed by atoms with van der Waals surface area (Å²) >= 11 is 0. The van der Waals surface area contributed by atoms with Gasteiger partial charge in [-0.3, -0.25) is 4.79 Å². The van der Waals surface area contributed by atoms with E-state index in [0.717, 1.165) is 16.8 Å². The van der Waals surface area contributed by atoms with Crippen molar-refractivity contribution in [1.29, 1.82) is 0 Å². The van der Waals surface area contributed by atoms with Crippen molar-refractivity contribution in [2.75, 3.05) is 16.9 Å². The summed E-state index contributed by atoms with van der Waals surface area (Å²) in [6.07, 6.45) is 3.02. The molecular formula is C21H19N5O3S. The number of carbonyl (C=O) groups is 1. The van der Waals surface area contributed by atoms with Crippen LogP contribution in [0, 0.1) is 0 Å². The summed E-state index contributed by atoms with van der Waals surface area (Å²) in [4.78, 5) is 16.0. The number of nitrogens with zero attached hydrogens (tertiary/aromatic N) is 3. The lowest BCUT2D eigenvalue weighted by molar-refractivity contribution is -0.114. The maximum Gasteiger partial charge on any atom is 0.247 e. The van der Waals surface area contributed by atoms with Crippen LogP contribution in [0.25, 0.3) is 16.8 Å². The highest BCUT2D eigenvalue weighted by molar-refractivity contribution is 7.90. The second kappa shape index (κ2) is 7.60. The molecule has 8 nitrogen and oxygen atoms in total. The molecule has 0 aliphatic carbocycles. The van der Waals surface area contributed by atoms with Gasteiger partial charge in [0, 0.05) is 36.3 Å². The maximum absolute atomic E-state index is 11.6. The predicted octanol–water partition coefficient (Wildman–Crippen LogP) is 3.50. The minimum atomic E-state index is -3.24. The van der Waals surface area contributed by atoms with Crippen LogP contribution >= 0.6 is 0 Å². The third-order valence-electron chi connectivity index (χ3n) is 4.39. The van der Waals surface area contributed by atoms with Crippen molar-refractivity contribution in [2.45, 2.75) is 11.8 Å². The van der Waals surface area contributed by atoms with Crippen LogP contribution in [0.4, 0.5) is 17.3 Å². The van der Waals surface area contributed by atoms with Gasteiger partial charge < -0.3 is 10.6 Å². The molecule has 0 bridgehead atoms. The van der Waals surface area contributed by atoms with Crippen LogP contribution in [0.5, 0.6) is 0 Å². The van der Waals surface area contributed by atoms with E-state index in [-0.39, 0.29) is 10.8 Å². The third-order valence-corrected chi connectivity index (χ3v) is 5.51. The third kappa shape index (κ3) is 4.31. The minimum Gasteiger partial charge on any atom is -0.326 e. The average Bonchev–Trinajstić information content (AvgIpc) is 3.09. The number of anilines is 3. The van der Waals surface area contributed by atoms with E-state index in [9.17, 15) is 13.2 Å². The molecule has 2 aromatic heterocycles. The molecule has 4 rings (SSSR count). The van der Waals surface area contributed by atoms with Gasteiger partial charge in [0.25, 0.3) is 0 Å². The smallest absolute Gasteiger partial charge is 0.247 e. The molecule has 0 saturated carbocycles. The molecule has 0 unspecified atom stereocenters. The fourth-order valence-corrected chi connectivity index (χ4v) is 3.63. The predicted molar refractivity (Wildman–Crippen MR) is 116 cm³/mol. The van der Waals surface area contributed by atoms with Crippen LogP contribution in [0.2, 0.25) is 0 Å². The fraction of sp³-hybridized carbons (Fsp3) is 0.0952. The van der Waals surface area contributed by atoms with Gasteiger partial charge in [0.2, 0.25) is 11.9 Å².